The van der Waals surface area contributed by atoms with Crippen LogP contribution in [0, 0.1) is 75.6 Å². The number of nitro groups is 2. The van der Waals surface area contributed by atoms with Gasteiger partial charge in [-0.3, -0.25) is 20.2 Å². The Morgan fingerprint density at radius 2 is 0.953 bits per heavy atom. The van der Waals surface area contributed by atoms with Gasteiger partial charge in [0.2, 0.25) is 0 Å². The summed E-state index contributed by atoms with van der Waals surface area (Å²) in [5.41, 5.74) is 16.8. The molecule has 85 heavy (non-hydrogen) atoms. The predicted octanol–water partition coefficient (Wildman–Crippen LogP) is 21.5. The Labute approximate surface area is 571 Å². The number of nitro benzene ring substituents is 2. The zero-order chi connectivity index (χ0) is 64.3. The molecule has 0 saturated carbocycles. The summed E-state index contributed by atoms with van der Waals surface area (Å²) in [4.78, 5) is 20.2. The molecule has 1 aromatic heterocycles. The first-order valence-electron chi connectivity index (χ1n) is 25.9. The van der Waals surface area contributed by atoms with Gasteiger partial charge in [0.25, 0.3) is 11.4 Å². The third kappa shape index (κ3) is 28.2. The lowest BCUT2D eigenvalue weighted by atomic mass is 10.1. The first-order chi connectivity index (χ1) is 40.4. The highest BCUT2D eigenvalue weighted by Crippen LogP contribution is 2.29. The van der Waals surface area contributed by atoms with Crippen LogP contribution in [0.4, 0.5) is 11.4 Å². The third-order valence-corrected chi connectivity index (χ3v) is 16.8. The van der Waals surface area contributed by atoms with E-state index in [-0.39, 0.29) is 21.2 Å². The lowest BCUT2D eigenvalue weighted by Crippen LogP contribution is -1.95. The minimum absolute atomic E-state index is 0.157. The van der Waals surface area contributed by atoms with Crippen LogP contribution < -0.4 is 9.47 Å². The summed E-state index contributed by atoms with van der Waals surface area (Å²) < 4.78 is 16.4. The molecule has 0 unspecified atom stereocenters. The van der Waals surface area contributed by atoms with Gasteiger partial charge in [-0.2, -0.15) is 101 Å². The van der Waals surface area contributed by atoms with Gasteiger partial charge in [0.05, 0.1) is 30.3 Å². The highest BCUT2D eigenvalue weighted by Gasteiger charge is 2.14. The van der Waals surface area contributed by atoms with E-state index in [9.17, 15) is 20.2 Å². The summed E-state index contributed by atoms with van der Waals surface area (Å²) >= 11 is 54.0. The monoisotopic (exact) mass is 1420 g/mol. The molecular weight excluding hydrogens is 1350 g/mol. The maximum Gasteiger partial charge on any atom is 0.273 e. The largest absolute Gasteiger partial charge is 0.497 e. The minimum Gasteiger partial charge on any atom is -0.497 e. The van der Waals surface area contributed by atoms with Crippen LogP contribution in [0.3, 0.4) is 0 Å². The Bertz CT molecular complexity index is 3270. The molecule has 0 aliphatic heterocycles. The Morgan fingerprint density at radius 1 is 0.447 bits per heavy atom. The average Bonchev–Trinajstić information content (AvgIpc) is 4.10. The number of hydrogen-bond donors (Lipinski definition) is 8. The van der Waals surface area contributed by atoms with E-state index in [1.54, 1.807) is 39.5 Å². The number of ether oxygens (including phenoxy) is 2. The Hall–Kier alpha value is -3.63. The third-order valence-electron chi connectivity index (χ3n) is 12.7. The van der Waals surface area contributed by atoms with Crippen LogP contribution >= 0.6 is 152 Å². The van der Waals surface area contributed by atoms with E-state index in [4.69, 9.17) is 48.7 Å². The molecule has 0 radical (unpaired) electrons. The Balaban J connectivity index is 0.000000487. The number of thiol groups is 8. The molecule has 0 atom stereocenters. The van der Waals surface area contributed by atoms with Crippen molar-refractivity contribution in [2.75, 3.05) is 14.2 Å². The lowest BCUT2D eigenvalue weighted by Gasteiger charge is -2.08. The Morgan fingerprint density at radius 3 is 1.38 bits per heavy atom. The fraction of sp³-hybridized carbons (Fsp3) is 0.281. The van der Waals surface area contributed by atoms with Crippen molar-refractivity contribution in [2.24, 2.45) is 0 Å². The lowest BCUT2D eigenvalue weighted by molar-refractivity contribution is -0.385. The van der Waals surface area contributed by atoms with Crippen molar-refractivity contribution >= 4 is 163 Å². The number of aryl methyl sites for hydroxylation is 6. The van der Waals surface area contributed by atoms with Crippen LogP contribution in [-0.2, 0) is 46.0 Å². The number of benzene rings is 7. The predicted molar refractivity (Wildman–Crippen MR) is 392 cm³/mol. The first-order valence-corrected chi connectivity index (χ1v) is 32.9. The molecule has 0 saturated heterocycles. The van der Waals surface area contributed by atoms with E-state index in [0.29, 0.717) is 34.1 Å². The molecule has 0 amide bonds. The van der Waals surface area contributed by atoms with Gasteiger partial charge in [0.15, 0.2) is 0 Å². The summed E-state index contributed by atoms with van der Waals surface area (Å²) in [5, 5.41) is 23.4. The van der Waals surface area contributed by atoms with Crippen LogP contribution in [0.25, 0.3) is 0 Å². The molecule has 0 N–H and O–H groups in total. The normalized spacial score (nSPS) is 9.86. The van der Waals surface area contributed by atoms with Crippen molar-refractivity contribution in [3.63, 3.8) is 0 Å². The van der Waals surface area contributed by atoms with Crippen molar-refractivity contribution in [1.82, 2.24) is 0 Å². The molecule has 7 aromatic carbocycles. The molecule has 0 fully saturated rings. The fourth-order valence-electron chi connectivity index (χ4n) is 7.30. The van der Waals surface area contributed by atoms with Gasteiger partial charge in [-0.05, 0) is 182 Å². The van der Waals surface area contributed by atoms with Crippen LogP contribution in [0.2, 0.25) is 15.1 Å². The average molecular weight is 1430 g/mol. The first kappa shape index (κ1) is 79.4. The Kier molecular flexibility index (Phi) is 41.0. The van der Waals surface area contributed by atoms with E-state index in [0.717, 1.165) is 76.5 Å². The van der Waals surface area contributed by atoms with E-state index >= 15 is 0 Å². The van der Waals surface area contributed by atoms with Crippen LogP contribution in [0.5, 0.6) is 11.5 Å². The van der Waals surface area contributed by atoms with Crippen LogP contribution in [0.1, 0.15) is 89.2 Å². The number of halogens is 4. The maximum atomic E-state index is 10.5. The SMILES string of the molecule is COc1cc(C)c(CS)c(Br)c1.COc1cccc(CS)c1C.Cc1c(CS)cccc1[N+](=O)[O-].Cc1cc(Cl)ccc1CS.Cc1ccc(Cl)cc1CS.Cc1cccc(Cl)c1CS.Cc1cccc([N+](=O)[O-])c1CS.Cc1ccoc1CS. The van der Waals surface area contributed by atoms with E-state index in [1.165, 1.54) is 67.8 Å². The van der Waals surface area contributed by atoms with Crippen molar-refractivity contribution < 1.29 is 23.7 Å². The molecule has 460 valence electrons. The van der Waals surface area contributed by atoms with Gasteiger partial charge < -0.3 is 13.9 Å². The molecule has 0 bridgehead atoms. The molecule has 8 rings (SSSR count). The van der Waals surface area contributed by atoms with Gasteiger partial charge in [0, 0.05) is 88.8 Å². The summed E-state index contributed by atoms with van der Waals surface area (Å²) in [6, 6.07) is 39.5. The topological polar surface area (TPSA) is 118 Å². The second-order valence-corrected chi connectivity index (χ2v) is 22.9. The molecular formula is C64H76BrCl3N2O7S8. The van der Waals surface area contributed by atoms with Crippen molar-refractivity contribution in [3.05, 3.63) is 263 Å². The highest BCUT2D eigenvalue weighted by atomic mass is 79.9. The number of methoxy groups -OCH3 is 2. The van der Waals surface area contributed by atoms with Crippen molar-refractivity contribution in [2.45, 2.75) is 101 Å². The zero-order valence-corrected chi connectivity index (χ0v) is 60.2. The standard InChI is InChI=1S/C9H11BrOS.C9H12OS.3C8H9ClS.2C8H9NO2S.C6H8OS/c1-6-3-7(11-2)4-9(10)8(6)5-12;1-7-8(6-11)4-3-5-9(7)10-2;1-6-4-8(9)3-2-7(6)5-10;1-6-2-3-8(9)4-7(6)5-10;1-6-3-2-4-8(9)7(6)5-10;1-6-7(5-12)3-2-4-8(6)9(10)11;1-6-3-2-4-8(9(10)11)7(6)5-12;1-5-2-3-7-6(5)4-8/h3-4,12H,5H2,1-2H3;3-5,11H,6H2,1-2H3;3*2-4,10H,5H2,1H3;2*2-4,12H,5H2,1H3;2-3,8H,4H2,1H3. The summed E-state index contributed by atoms with van der Waals surface area (Å²) in [6.07, 6.45) is 1.68. The quantitative estimate of drug-likeness (QED) is 0.0349. The van der Waals surface area contributed by atoms with E-state index < -0.39 is 0 Å². The fourth-order valence-corrected chi connectivity index (χ4v) is 11.9. The van der Waals surface area contributed by atoms with Crippen molar-refractivity contribution in [1.29, 1.82) is 0 Å². The number of hydrogen-bond acceptors (Lipinski definition) is 15. The van der Waals surface area contributed by atoms with Crippen LogP contribution in [-0.4, -0.2) is 24.1 Å². The second kappa shape index (κ2) is 43.9. The maximum absolute atomic E-state index is 10.5. The number of nitrogens with zero attached hydrogens (tertiary/aromatic N) is 2. The number of rotatable bonds is 12. The zero-order valence-electron chi connectivity index (χ0n) is 49.2. The minimum atomic E-state index is -0.376. The highest BCUT2D eigenvalue weighted by molar-refractivity contribution is 9.10. The molecule has 0 spiro atoms. The molecule has 8 aromatic rings. The summed E-state index contributed by atoms with van der Waals surface area (Å²) in [5.74, 6) is 8.19. The molecule has 9 nitrogen and oxygen atoms in total. The molecule has 0 aliphatic carbocycles. The second-order valence-electron chi connectivity index (χ2n) is 18.3. The number of furan rings is 1. The molecule has 21 heteroatoms. The van der Waals surface area contributed by atoms with Gasteiger partial charge >= 0.3 is 0 Å². The molecule has 0 aliphatic rings. The van der Waals surface area contributed by atoms with Gasteiger partial charge in [0.1, 0.15) is 17.3 Å². The smallest absolute Gasteiger partial charge is 0.273 e. The van der Waals surface area contributed by atoms with Crippen LogP contribution in [0.15, 0.2) is 143 Å². The van der Waals surface area contributed by atoms with Gasteiger partial charge in [-0.15, -0.1) is 0 Å². The van der Waals surface area contributed by atoms with Crippen molar-refractivity contribution in [3.8, 4) is 11.5 Å². The summed E-state index contributed by atoms with van der Waals surface area (Å²) in [6.45, 7) is 15.8. The van der Waals surface area contributed by atoms with E-state index in [1.807, 2.05) is 132 Å². The van der Waals surface area contributed by atoms with Gasteiger partial charge in [-0.1, -0.05) is 111 Å². The van der Waals surface area contributed by atoms with Gasteiger partial charge in [-0.25, -0.2) is 0 Å². The van der Waals surface area contributed by atoms with E-state index in [2.05, 4.69) is 137 Å². The molecule has 1 heterocycles. The summed E-state index contributed by atoms with van der Waals surface area (Å²) in [7, 11) is 3.35.